The zero-order chi connectivity index (χ0) is 13.5. The predicted octanol–water partition coefficient (Wildman–Crippen LogP) is 2.76. The third-order valence-corrected chi connectivity index (χ3v) is 5.69. The predicted molar refractivity (Wildman–Crippen MR) is 80.5 cm³/mol. The van der Waals surface area contributed by atoms with Crippen molar-refractivity contribution >= 4 is 22.8 Å². The fourth-order valence-corrected chi connectivity index (χ4v) is 4.03. The highest BCUT2D eigenvalue weighted by Gasteiger charge is 2.37. The van der Waals surface area contributed by atoms with Crippen LogP contribution in [0.5, 0.6) is 0 Å². The Morgan fingerprint density at radius 3 is 3.00 bits per heavy atom. The van der Waals surface area contributed by atoms with Crippen LogP contribution in [0.25, 0.3) is 11.0 Å². The van der Waals surface area contributed by atoms with Crippen molar-refractivity contribution in [3.63, 3.8) is 0 Å². The van der Waals surface area contributed by atoms with Gasteiger partial charge in [-0.1, -0.05) is 19.1 Å². The fraction of sp³-hybridized carbons (Fsp3) is 0.533. The molecule has 1 aliphatic rings. The van der Waals surface area contributed by atoms with E-state index < -0.39 is 5.60 Å². The lowest BCUT2D eigenvalue weighted by molar-refractivity contribution is 0.0274. The van der Waals surface area contributed by atoms with Crippen LogP contribution in [-0.4, -0.2) is 31.3 Å². The van der Waals surface area contributed by atoms with Gasteiger partial charge in [-0.25, -0.2) is 4.98 Å². The normalized spacial score (nSPS) is 27.8. The highest BCUT2D eigenvalue weighted by molar-refractivity contribution is 8.00. The first-order chi connectivity index (χ1) is 9.10. The van der Waals surface area contributed by atoms with Crippen molar-refractivity contribution in [2.75, 3.05) is 5.75 Å². The average molecular weight is 276 g/mol. The first-order valence-corrected chi connectivity index (χ1v) is 7.89. The molecule has 0 radical (unpaired) electrons. The van der Waals surface area contributed by atoms with E-state index in [0.717, 1.165) is 35.5 Å². The van der Waals surface area contributed by atoms with Crippen LogP contribution >= 0.6 is 11.8 Å². The molecule has 2 aromatic rings. The maximum atomic E-state index is 10.9. The van der Waals surface area contributed by atoms with Crippen LogP contribution in [0.1, 0.15) is 25.6 Å². The average Bonchev–Trinajstić information content (AvgIpc) is 2.71. The highest BCUT2D eigenvalue weighted by Crippen LogP contribution is 2.36. The number of nitrogens with zero attached hydrogens (tertiary/aromatic N) is 2. The number of hydrogen-bond donors (Lipinski definition) is 1. The molecule has 2 atom stereocenters. The molecule has 4 heteroatoms. The second kappa shape index (κ2) is 4.84. The number of hydrogen-bond acceptors (Lipinski definition) is 3. The van der Waals surface area contributed by atoms with Crippen molar-refractivity contribution < 1.29 is 5.11 Å². The number of benzene rings is 1. The van der Waals surface area contributed by atoms with Crippen molar-refractivity contribution in [1.29, 1.82) is 0 Å². The van der Waals surface area contributed by atoms with E-state index in [2.05, 4.69) is 22.5 Å². The summed E-state index contributed by atoms with van der Waals surface area (Å²) in [6, 6.07) is 8.14. The molecule has 3 nitrogen and oxygen atoms in total. The summed E-state index contributed by atoms with van der Waals surface area (Å²) in [5, 5.41) is 11.1. The van der Waals surface area contributed by atoms with Crippen LogP contribution in [0, 0.1) is 0 Å². The van der Waals surface area contributed by atoms with E-state index in [0.29, 0.717) is 6.42 Å². The van der Waals surface area contributed by atoms with Gasteiger partial charge in [-0.05, 0) is 30.7 Å². The number of thioether (sulfide) groups is 1. The molecule has 0 aliphatic carbocycles. The molecule has 1 aromatic carbocycles. The molecule has 1 aliphatic heterocycles. The Labute approximate surface area is 118 Å². The van der Waals surface area contributed by atoms with Gasteiger partial charge in [0, 0.05) is 18.7 Å². The molecular formula is C15H20N2OS. The van der Waals surface area contributed by atoms with E-state index in [4.69, 9.17) is 0 Å². The van der Waals surface area contributed by atoms with Gasteiger partial charge in [0.15, 0.2) is 0 Å². The van der Waals surface area contributed by atoms with Gasteiger partial charge in [-0.3, -0.25) is 0 Å². The van der Waals surface area contributed by atoms with Gasteiger partial charge in [0.05, 0.1) is 16.6 Å². The minimum Gasteiger partial charge on any atom is -0.388 e. The second-order valence-electron chi connectivity index (χ2n) is 5.47. The van der Waals surface area contributed by atoms with E-state index in [1.165, 1.54) is 0 Å². The summed E-state index contributed by atoms with van der Waals surface area (Å²) in [6.07, 6.45) is 2.62. The number of para-hydroxylation sites is 2. The zero-order valence-electron chi connectivity index (χ0n) is 11.5. The summed E-state index contributed by atoms with van der Waals surface area (Å²) in [5.41, 5.74) is 1.54. The summed E-state index contributed by atoms with van der Waals surface area (Å²) >= 11 is 1.87. The molecule has 3 rings (SSSR count). The molecule has 19 heavy (non-hydrogen) atoms. The first-order valence-electron chi connectivity index (χ1n) is 6.84. The fourth-order valence-electron chi connectivity index (χ4n) is 2.86. The molecule has 1 fully saturated rings. The van der Waals surface area contributed by atoms with Crippen molar-refractivity contribution in [3.8, 4) is 0 Å². The van der Waals surface area contributed by atoms with Gasteiger partial charge in [-0.15, -0.1) is 0 Å². The number of rotatable bonds is 2. The molecule has 102 valence electrons. The maximum Gasteiger partial charge on any atom is 0.112 e. The Hall–Kier alpha value is -1.00. The van der Waals surface area contributed by atoms with Gasteiger partial charge < -0.3 is 9.67 Å². The van der Waals surface area contributed by atoms with Crippen molar-refractivity contribution in [2.24, 2.45) is 7.05 Å². The van der Waals surface area contributed by atoms with E-state index in [-0.39, 0.29) is 5.25 Å². The second-order valence-corrected chi connectivity index (χ2v) is 6.92. The summed E-state index contributed by atoms with van der Waals surface area (Å²) in [6.45, 7) is 2.13. The van der Waals surface area contributed by atoms with Gasteiger partial charge in [0.1, 0.15) is 5.82 Å². The smallest absolute Gasteiger partial charge is 0.112 e. The first kappa shape index (κ1) is 13.0. The summed E-state index contributed by atoms with van der Waals surface area (Å²) < 4.78 is 2.11. The standard InChI is InChI=1S/C15H20N2OS/c1-11-15(18,8-5-9-19-11)10-14-16-12-6-3-4-7-13(12)17(14)2/h3-4,6-7,11,18H,5,8-10H2,1-2H3. The van der Waals surface area contributed by atoms with Gasteiger partial charge in [-0.2, -0.15) is 11.8 Å². The van der Waals surface area contributed by atoms with Crippen LogP contribution in [-0.2, 0) is 13.5 Å². The minimum atomic E-state index is -0.613. The number of fused-ring (bicyclic) bond motifs is 1. The Morgan fingerprint density at radius 2 is 2.26 bits per heavy atom. The molecule has 0 saturated carbocycles. The molecule has 1 aromatic heterocycles. The molecule has 0 bridgehead atoms. The molecule has 0 spiro atoms. The van der Waals surface area contributed by atoms with Crippen LogP contribution in [0.15, 0.2) is 24.3 Å². The lowest BCUT2D eigenvalue weighted by atomic mass is 9.90. The maximum absolute atomic E-state index is 10.9. The van der Waals surface area contributed by atoms with Gasteiger partial charge in [0.25, 0.3) is 0 Å². The van der Waals surface area contributed by atoms with Gasteiger partial charge in [0.2, 0.25) is 0 Å². The number of aromatic nitrogens is 2. The van der Waals surface area contributed by atoms with Crippen molar-refractivity contribution in [2.45, 2.75) is 37.0 Å². The van der Waals surface area contributed by atoms with Crippen LogP contribution in [0.3, 0.4) is 0 Å². The third kappa shape index (κ3) is 2.28. The Kier molecular flexibility index (Phi) is 3.31. The molecule has 1 saturated heterocycles. The largest absolute Gasteiger partial charge is 0.388 e. The SMILES string of the molecule is CC1SCCCC1(O)Cc1nc2ccccc2n1C. The number of aliphatic hydroxyl groups is 1. The van der Waals surface area contributed by atoms with Crippen molar-refractivity contribution in [3.05, 3.63) is 30.1 Å². The van der Waals surface area contributed by atoms with Crippen LogP contribution in [0.4, 0.5) is 0 Å². The van der Waals surface area contributed by atoms with Crippen LogP contribution in [0.2, 0.25) is 0 Å². The zero-order valence-corrected chi connectivity index (χ0v) is 12.3. The number of imidazole rings is 1. The van der Waals surface area contributed by atoms with Crippen LogP contribution < -0.4 is 0 Å². The summed E-state index contributed by atoms with van der Waals surface area (Å²) in [5.74, 6) is 2.14. The summed E-state index contributed by atoms with van der Waals surface area (Å²) in [7, 11) is 2.04. The van der Waals surface area contributed by atoms with E-state index >= 15 is 0 Å². The van der Waals surface area contributed by atoms with E-state index in [1.807, 2.05) is 37.0 Å². The Morgan fingerprint density at radius 1 is 1.47 bits per heavy atom. The molecule has 0 amide bonds. The van der Waals surface area contributed by atoms with E-state index in [9.17, 15) is 5.11 Å². The molecule has 1 N–H and O–H groups in total. The Balaban J connectivity index is 1.94. The third-order valence-electron chi connectivity index (χ3n) is 4.22. The molecule has 2 unspecified atom stereocenters. The Bertz CT molecular complexity index is 595. The monoisotopic (exact) mass is 276 g/mol. The highest BCUT2D eigenvalue weighted by atomic mass is 32.2. The lowest BCUT2D eigenvalue weighted by Gasteiger charge is -2.37. The van der Waals surface area contributed by atoms with E-state index in [1.54, 1.807) is 0 Å². The molecule has 2 heterocycles. The quantitative estimate of drug-likeness (QED) is 0.916. The minimum absolute atomic E-state index is 0.279. The molecular weight excluding hydrogens is 256 g/mol. The van der Waals surface area contributed by atoms with Gasteiger partial charge >= 0.3 is 0 Å². The number of aryl methyl sites for hydroxylation is 1. The lowest BCUT2D eigenvalue weighted by Crippen LogP contribution is -2.44. The van der Waals surface area contributed by atoms with Crippen molar-refractivity contribution in [1.82, 2.24) is 9.55 Å². The topological polar surface area (TPSA) is 38.1 Å². The summed E-state index contributed by atoms with van der Waals surface area (Å²) in [4.78, 5) is 4.68.